The minimum absolute atomic E-state index is 0.106. The average molecular weight is 604 g/mol. The molecule has 39 heavy (non-hydrogen) atoms. The Kier molecular flexibility index (Phi) is 8.73. The summed E-state index contributed by atoms with van der Waals surface area (Å²) in [4.78, 5) is 25.9. The van der Waals surface area contributed by atoms with Crippen molar-refractivity contribution >= 4 is 27.9 Å². The van der Waals surface area contributed by atoms with Gasteiger partial charge in [0.05, 0.1) is 4.47 Å². The van der Waals surface area contributed by atoms with Crippen LogP contribution in [0.5, 0.6) is 0 Å². The number of aromatic nitrogens is 1. The summed E-state index contributed by atoms with van der Waals surface area (Å²) in [7, 11) is 0. The van der Waals surface area contributed by atoms with Crippen LogP contribution in [0.1, 0.15) is 62.8 Å². The first-order chi connectivity index (χ1) is 18.4. The lowest BCUT2D eigenvalue weighted by molar-refractivity contribution is -0.118. The van der Waals surface area contributed by atoms with Crippen molar-refractivity contribution < 1.29 is 27.6 Å². The highest BCUT2D eigenvalue weighted by atomic mass is 79.9. The van der Waals surface area contributed by atoms with Crippen molar-refractivity contribution in [2.45, 2.75) is 58.0 Å². The van der Waals surface area contributed by atoms with Gasteiger partial charge in [0.15, 0.2) is 17.4 Å². The Bertz CT molecular complexity index is 1350. The Labute approximate surface area is 235 Å². The number of hydrogen-bond acceptors (Lipinski definition) is 5. The van der Waals surface area contributed by atoms with Gasteiger partial charge in [-0.25, -0.2) is 13.6 Å². The number of nitrogens with one attached hydrogen (secondary N) is 1. The van der Waals surface area contributed by atoms with E-state index in [4.69, 9.17) is 9.26 Å². The number of likely N-dealkylation sites (tertiary alicyclic amines) is 1. The molecule has 2 amide bonds. The second-order valence-electron chi connectivity index (χ2n) is 10.7. The van der Waals surface area contributed by atoms with Crippen LogP contribution in [0.15, 0.2) is 51.5 Å². The number of carbonyl (C=O) groups is 2. The summed E-state index contributed by atoms with van der Waals surface area (Å²) < 4.78 is 40.0. The normalized spacial score (nSPS) is 17.7. The Morgan fingerprint density at radius 2 is 1.90 bits per heavy atom. The number of amides is 2. The number of nitrogens with zero attached hydrogens (tertiary/aromatic N) is 2. The molecule has 1 N–H and O–H groups in total. The first-order valence-electron chi connectivity index (χ1n) is 12.8. The molecule has 2 aromatic carbocycles. The van der Waals surface area contributed by atoms with Gasteiger partial charge in [-0.05, 0) is 78.7 Å². The van der Waals surface area contributed by atoms with Gasteiger partial charge in [-0.3, -0.25) is 4.79 Å². The van der Waals surface area contributed by atoms with Crippen LogP contribution in [0.25, 0.3) is 11.3 Å². The molecule has 2 atom stereocenters. The largest absolute Gasteiger partial charge is 0.444 e. The lowest BCUT2D eigenvalue weighted by atomic mass is 9.78. The van der Waals surface area contributed by atoms with E-state index in [9.17, 15) is 18.4 Å². The molecule has 0 bridgehead atoms. The maximum atomic E-state index is 14.2. The van der Waals surface area contributed by atoms with Crippen LogP contribution in [0.3, 0.4) is 0 Å². The third kappa shape index (κ3) is 6.84. The fraction of sp³-hybridized carbons (Fsp3) is 0.414. The second kappa shape index (κ2) is 11.9. The van der Waals surface area contributed by atoms with E-state index in [1.54, 1.807) is 31.7 Å². The molecule has 0 unspecified atom stereocenters. The smallest absolute Gasteiger partial charge is 0.410 e. The predicted octanol–water partition coefficient (Wildman–Crippen LogP) is 6.57. The number of ether oxygens (including phenoxy) is 1. The summed E-state index contributed by atoms with van der Waals surface area (Å²) in [5.74, 6) is -2.05. The standard InChI is InChI=1S/C29H32BrF2N3O4/c1-17(36)33-13-11-18-7-5-6-8-21(18)27-25(30)26(34-39-27)22-16-35(28(37)38-29(2,3)4)14-12-20(22)19-9-10-23(31)24(32)15-19/h5-10,15,20,22H,11-14,16H2,1-4H3,(H,33,36)/t20-,22+/m0/s1. The first-order valence-corrected chi connectivity index (χ1v) is 13.6. The highest BCUT2D eigenvalue weighted by Crippen LogP contribution is 2.45. The maximum Gasteiger partial charge on any atom is 0.410 e. The van der Waals surface area contributed by atoms with E-state index < -0.39 is 23.3 Å². The minimum Gasteiger partial charge on any atom is -0.444 e. The number of halogens is 3. The molecule has 1 aliphatic rings. The van der Waals surface area contributed by atoms with E-state index in [0.29, 0.717) is 47.4 Å². The molecule has 4 rings (SSSR count). The Morgan fingerprint density at radius 1 is 1.15 bits per heavy atom. The molecule has 3 aromatic rings. The summed E-state index contributed by atoms with van der Waals surface area (Å²) in [5.41, 5.74) is 2.31. The van der Waals surface area contributed by atoms with Crippen molar-refractivity contribution in [1.29, 1.82) is 0 Å². The fourth-order valence-corrected chi connectivity index (χ4v) is 5.54. The van der Waals surface area contributed by atoms with Crippen molar-refractivity contribution in [3.8, 4) is 11.3 Å². The third-order valence-corrected chi connectivity index (χ3v) is 7.44. The highest BCUT2D eigenvalue weighted by molar-refractivity contribution is 9.10. The predicted molar refractivity (Wildman–Crippen MR) is 146 cm³/mol. The fourth-order valence-electron chi connectivity index (χ4n) is 4.89. The molecule has 0 radical (unpaired) electrons. The zero-order valence-corrected chi connectivity index (χ0v) is 24.0. The number of hydrogen-bond donors (Lipinski definition) is 1. The average Bonchev–Trinajstić information content (AvgIpc) is 3.25. The van der Waals surface area contributed by atoms with Crippen molar-refractivity contribution in [2.24, 2.45) is 0 Å². The van der Waals surface area contributed by atoms with Gasteiger partial charge in [0, 0.05) is 38.0 Å². The molecular weight excluding hydrogens is 572 g/mol. The number of carbonyl (C=O) groups excluding carboxylic acids is 2. The van der Waals surface area contributed by atoms with Crippen molar-refractivity contribution in [3.63, 3.8) is 0 Å². The zero-order chi connectivity index (χ0) is 28.3. The van der Waals surface area contributed by atoms with Crippen LogP contribution >= 0.6 is 15.9 Å². The Hall–Kier alpha value is -3.27. The van der Waals surface area contributed by atoms with E-state index in [1.165, 1.54) is 13.0 Å². The number of benzene rings is 2. The molecule has 10 heteroatoms. The Balaban J connectivity index is 1.70. The van der Waals surface area contributed by atoms with E-state index in [2.05, 4.69) is 26.4 Å². The van der Waals surface area contributed by atoms with Crippen LogP contribution in [-0.2, 0) is 16.0 Å². The molecule has 0 aliphatic carbocycles. The maximum absolute atomic E-state index is 14.2. The van der Waals surface area contributed by atoms with Crippen molar-refractivity contribution in [1.82, 2.24) is 15.4 Å². The monoisotopic (exact) mass is 603 g/mol. The zero-order valence-electron chi connectivity index (χ0n) is 22.4. The Morgan fingerprint density at radius 3 is 2.59 bits per heavy atom. The van der Waals surface area contributed by atoms with E-state index >= 15 is 0 Å². The van der Waals surface area contributed by atoms with Crippen LogP contribution in [0, 0.1) is 11.6 Å². The molecule has 0 saturated carbocycles. The summed E-state index contributed by atoms with van der Waals surface area (Å²) >= 11 is 3.69. The molecular formula is C29H32BrF2N3O4. The van der Waals surface area contributed by atoms with Gasteiger partial charge in [0.25, 0.3) is 0 Å². The third-order valence-electron chi connectivity index (χ3n) is 6.68. The lowest BCUT2D eigenvalue weighted by Crippen LogP contribution is -2.44. The van der Waals surface area contributed by atoms with Gasteiger partial charge >= 0.3 is 6.09 Å². The summed E-state index contributed by atoms with van der Waals surface area (Å²) in [6.45, 7) is 8.01. The quantitative estimate of drug-likeness (QED) is 0.344. The molecule has 7 nitrogen and oxygen atoms in total. The molecule has 1 aromatic heterocycles. The molecule has 2 heterocycles. The van der Waals surface area contributed by atoms with Crippen molar-refractivity contribution in [3.05, 3.63) is 75.4 Å². The highest BCUT2D eigenvalue weighted by Gasteiger charge is 2.39. The van der Waals surface area contributed by atoms with E-state index in [1.807, 2.05) is 24.3 Å². The molecule has 1 fully saturated rings. The minimum atomic E-state index is -0.922. The van der Waals surface area contributed by atoms with Crippen LogP contribution < -0.4 is 5.32 Å². The SMILES string of the molecule is CC(=O)NCCc1ccccc1-c1onc([C@@H]2CN(C(=O)OC(C)(C)C)CC[C@H]2c2ccc(F)c(F)c2)c1Br. The molecule has 0 spiro atoms. The summed E-state index contributed by atoms with van der Waals surface area (Å²) in [5, 5.41) is 7.22. The lowest BCUT2D eigenvalue weighted by Gasteiger charge is -2.38. The van der Waals surface area contributed by atoms with Crippen molar-refractivity contribution in [2.75, 3.05) is 19.6 Å². The van der Waals surface area contributed by atoms with Crippen LogP contribution in [0.4, 0.5) is 13.6 Å². The molecule has 1 aliphatic heterocycles. The summed E-state index contributed by atoms with van der Waals surface area (Å²) in [6, 6.07) is 11.6. The molecule has 1 saturated heterocycles. The van der Waals surface area contributed by atoms with Gasteiger partial charge in [-0.1, -0.05) is 35.5 Å². The van der Waals surface area contributed by atoms with Gasteiger partial charge < -0.3 is 19.5 Å². The van der Waals surface area contributed by atoms with E-state index in [-0.39, 0.29) is 24.3 Å². The van der Waals surface area contributed by atoms with Gasteiger partial charge in [-0.2, -0.15) is 0 Å². The number of rotatable bonds is 6. The summed E-state index contributed by atoms with van der Waals surface area (Å²) in [6.07, 6.45) is 0.641. The van der Waals surface area contributed by atoms with Crippen LogP contribution in [-0.4, -0.2) is 47.3 Å². The van der Waals surface area contributed by atoms with E-state index in [0.717, 1.165) is 17.2 Å². The van der Waals surface area contributed by atoms with Gasteiger partial charge in [0.2, 0.25) is 5.91 Å². The van der Waals surface area contributed by atoms with Gasteiger partial charge in [-0.15, -0.1) is 0 Å². The van der Waals surface area contributed by atoms with Crippen LogP contribution in [0.2, 0.25) is 0 Å². The second-order valence-corrected chi connectivity index (χ2v) is 11.5. The first kappa shape index (κ1) is 28.7. The molecule has 208 valence electrons. The van der Waals surface area contributed by atoms with Gasteiger partial charge in [0.1, 0.15) is 11.3 Å². The number of piperidine rings is 1. The topological polar surface area (TPSA) is 84.7 Å².